The average Bonchev–Trinajstić information content (AvgIpc) is 2.77. The number of pyridine rings is 1. The van der Waals surface area contributed by atoms with E-state index in [0.29, 0.717) is 37.9 Å². The number of amides is 1. The van der Waals surface area contributed by atoms with Crippen molar-refractivity contribution in [1.82, 2.24) is 9.88 Å². The molecule has 0 radical (unpaired) electrons. The van der Waals surface area contributed by atoms with Gasteiger partial charge in [0.25, 0.3) is 5.56 Å². The van der Waals surface area contributed by atoms with Crippen molar-refractivity contribution < 1.29 is 19.8 Å². The van der Waals surface area contributed by atoms with Crippen molar-refractivity contribution in [3.63, 3.8) is 0 Å². The van der Waals surface area contributed by atoms with Crippen LogP contribution in [-0.4, -0.2) is 45.9 Å². The normalized spacial score (nSPS) is 16.4. The maximum atomic E-state index is 13.3. The molecule has 0 aliphatic carbocycles. The van der Waals surface area contributed by atoms with Crippen LogP contribution in [0.25, 0.3) is 0 Å². The second-order valence-electron chi connectivity index (χ2n) is 9.06. The molecule has 1 aliphatic heterocycles. The first-order chi connectivity index (χ1) is 15.7. The highest BCUT2D eigenvalue weighted by molar-refractivity contribution is 5.81. The zero-order chi connectivity index (χ0) is 24.0. The second-order valence-corrected chi connectivity index (χ2v) is 9.06. The number of aromatic nitrogens is 1. The number of nitrogens with zero attached hydrogens (tertiary/aromatic N) is 2. The van der Waals surface area contributed by atoms with Crippen LogP contribution in [0.3, 0.4) is 0 Å². The van der Waals surface area contributed by atoms with Gasteiger partial charge in [-0.25, -0.2) is 0 Å². The molecule has 2 heterocycles. The number of nitrogens with one attached hydrogen (secondary N) is 1. The van der Waals surface area contributed by atoms with Gasteiger partial charge < -0.3 is 25.0 Å². The van der Waals surface area contributed by atoms with Crippen LogP contribution in [0.1, 0.15) is 57.2 Å². The molecule has 1 aromatic carbocycles. The number of carbonyl (C=O) groups excluding carboxylic acids is 1. The molecule has 1 amide bonds. The van der Waals surface area contributed by atoms with E-state index in [1.165, 1.54) is 10.6 Å². The first-order valence-corrected chi connectivity index (χ1v) is 11.5. The molecule has 3 N–H and O–H groups in total. The highest BCUT2D eigenvalue weighted by Crippen LogP contribution is 2.27. The number of carboxylic acids is 1. The van der Waals surface area contributed by atoms with Crippen molar-refractivity contribution in [2.45, 2.75) is 57.7 Å². The Kier molecular flexibility index (Phi) is 8.27. The lowest BCUT2D eigenvalue weighted by molar-refractivity contribution is -0.138. The van der Waals surface area contributed by atoms with E-state index in [-0.39, 0.29) is 29.9 Å². The fourth-order valence-corrected chi connectivity index (χ4v) is 4.25. The van der Waals surface area contributed by atoms with Gasteiger partial charge in [0.15, 0.2) is 0 Å². The van der Waals surface area contributed by atoms with Crippen molar-refractivity contribution in [2.24, 2.45) is 5.92 Å². The van der Waals surface area contributed by atoms with Gasteiger partial charge in [-0.2, -0.15) is 0 Å². The number of aliphatic hydroxyl groups is 1. The molecule has 3 rings (SSSR count). The molecule has 0 saturated carbocycles. The number of aliphatic hydroxyl groups excluding tert-OH is 1. The minimum absolute atomic E-state index is 0.156. The topological polar surface area (TPSA) is 112 Å². The molecule has 33 heavy (non-hydrogen) atoms. The fourth-order valence-electron chi connectivity index (χ4n) is 4.25. The Hall–Kier alpha value is -3.13. The molecule has 1 aromatic heterocycles. The molecule has 1 fully saturated rings. The molecule has 0 spiro atoms. The number of hydrogen-bond acceptors (Lipinski definition) is 5. The van der Waals surface area contributed by atoms with Crippen LogP contribution in [0, 0.1) is 5.92 Å². The largest absolute Gasteiger partial charge is 0.481 e. The summed E-state index contributed by atoms with van der Waals surface area (Å²) in [7, 11) is 0. The maximum Gasteiger partial charge on any atom is 0.305 e. The van der Waals surface area contributed by atoms with Crippen molar-refractivity contribution in [2.75, 3.05) is 18.0 Å². The van der Waals surface area contributed by atoms with Crippen molar-refractivity contribution in [3.05, 3.63) is 64.6 Å². The Morgan fingerprint density at radius 2 is 1.85 bits per heavy atom. The van der Waals surface area contributed by atoms with Crippen LogP contribution < -0.4 is 15.8 Å². The van der Waals surface area contributed by atoms with Gasteiger partial charge in [-0.3, -0.25) is 14.4 Å². The third-order valence-electron chi connectivity index (χ3n) is 5.98. The lowest BCUT2D eigenvalue weighted by Crippen LogP contribution is -2.40. The lowest BCUT2D eigenvalue weighted by atomic mass is 9.99. The summed E-state index contributed by atoms with van der Waals surface area (Å²) < 4.78 is 1.41. The maximum absolute atomic E-state index is 13.3. The van der Waals surface area contributed by atoms with Crippen LogP contribution >= 0.6 is 0 Å². The molecule has 0 bridgehead atoms. The minimum atomic E-state index is -1.02. The summed E-state index contributed by atoms with van der Waals surface area (Å²) in [6, 6.07) is 10.8. The summed E-state index contributed by atoms with van der Waals surface area (Å²) in [5.41, 5.74) is 1.35. The van der Waals surface area contributed by atoms with Gasteiger partial charge in [0, 0.05) is 31.0 Å². The molecule has 2 atom stereocenters. The molecule has 1 aliphatic rings. The number of rotatable bonds is 9. The zero-order valence-electron chi connectivity index (χ0n) is 19.2. The van der Waals surface area contributed by atoms with Gasteiger partial charge in [0.2, 0.25) is 5.91 Å². The van der Waals surface area contributed by atoms with Crippen LogP contribution in [0.15, 0.2) is 53.5 Å². The number of piperidine rings is 1. The quantitative estimate of drug-likeness (QED) is 0.536. The fraction of sp³-hybridized carbons (Fsp3) is 0.480. The zero-order valence-corrected chi connectivity index (χ0v) is 19.2. The summed E-state index contributed by atoms with van der Waals surface area (Å²) in [5, 5.41) is 22.2. The average molecular weight is 456 g/mol. The third-order valence-corrected chi connectivity index (χ3v) is 5.98. The Balaban J connectivity index is 1.86. The van der Waals surface area contributed by atoms with Crippen molar-refractivity contribution in [3.8, 4) is 0 Å². The Bertz CT molecular complexity index is 1010. The number of anilines is 1. The standard InChI is InChI=1S/C25H33N3O5/c1-17(2)14-22(28-11-4-3-8-23(28)30)25(33)26-21(16-24(31)32)18-6-5-7-19(15-18)27-12-9-20(29)10-13-27/h3-8,11,15,17,20-22,29H,9-10,12-14,16H2,1-2H3,(H,26,33)(H,31,32)/t21-,22-/m0/s1. The predicted molar refractivity (Wildman–Crippen MR) is 126 cm³/mol. The van der Waals surface area contributed by atoms with Gasteiger partial charge in [-0.05, 0) is 48.9 Å². The van der Waals surface area contributed by atoms with Crippen molar-refractivity contribution >= 4 is 17.6 Å². The first kappa shape index (κ1) is 24.5. The van der Waals surface area contributed by atoms with Crippen LogP contribution in [0.4, 0.5) is 5.69 Å². The van der Waals surface area contributed by atoms with Gasteiger partial charge >= 0.3 is 5.97 Å². The summed E-state index contributed by atoms with van der Waals surface area (Å²) >= 11 is 0. The van der Waals surface area contributed by atoms with E-state index >= 15 is 0 Å². The smallest absolute Gasteiger partial charge is 0.305 e. The van der Waals surface area contributed by atoms with Gasteiger partial charge in [-0.1, -0.05) is 32.0 Å². The second kappa shape index (κ2) is 11.1. The molecule has 2 aromatic rings. The molecular weight excluding hydrogens is 422 g/mol. The summed E-state index contributed by atoms with van der Waals surface area (Å²) in [6.45, 7) is 5.38. The molecule has 8 heteroatoms. The number of hydrogen-bond donors (Lipinski definition) is 3. The summed E-state index contributed by atoms with van der Waals surface area (Å²) in [5.74, 6) is -1.25. The highest BCUT2D eigenvalue weighted by atomic mass is 16.4. The van der Waals surface area contributed by atoms with Crippen LogP contribution in [0.2, 0.25) is 0 Å². The first-order valence-electron chi connectivity index (χ1n) is 11.5. The molecule has 8 nitrogen and oxygen atoms in total. The molecular formula is C25H33N3O5. The predicted octanol–water partition coefficient (Wildman–Crippen LogP) is 2.73. The molecule has 1 saturated heterocycles. The van der Waals surface area contributed by atoms with E-state index in [9.17, 15) is 24.6 Å². The van der Waals surface area contributed by atoms with E-state index in [1.54, 1.807) is 18.3 Å². The molecule has 178 valence electrons. The number of aliphatic carboxylic acids is 1. The van der Waals surface area contributed by atoms with E-state index in [1.807, 2.05) is 38.1 Å². The Morgan fingerprint density at radius 1 is 1.12 bits per heavy atom. The minimum Gasteiger partial charge on any atom is -0.481 e. The lowest BCUT2D eigenvalue weighted by Gasteiger charge is -2.32. The van der Waals surface area contributed by atoms with Crippen LogP contribution in [-0.2, 0) is 9.59 Å². The number of carbonyl (C=O) groups is 2. The Morgan fingerprint density at radius 3 is 2.48 bits per heavy atom. The van der Waals surface area contributed by atoms with Gasteiger partial charge in [0.1, 0.15) is 6.04 Å². The Labute approximate surface area is 193 Å². The van der Waals surface area contributed by atoms with Gasteiger partial charge in [0.05, 0.1) is 18.6 Å². The summed E-state index contributed by atoms with van der Waals surface area (Å²) in [4.78, 5) is 39.5. The molecule has 0 unspecified atom stereocenters. The SMILES string of the molecule is CC(C)C[C@@H](C(=O)N[C@@H](CC(=O)O)c1cccc(N2CCC(O)CC2)c1)n1ccccc1=O. The number of carboxylic acid groups (broad SMARTS) is 1. The monoisotopic (exact) mass is 455 g/mol. The van der Waals surface area contributed by atoms with E-state index < -0.39 is 18.1 Å². The van der Waals surface area contributed by atoms with E-state index in [4.69, 9.17) is 0 Å². The number of benzene rings is 1. The van der Waals surface area contributed by atoms with E-state index in [2.05, 4.69) is 10.2 Å². The highest BCUT2D eigenvalue weighted by Gasteiger charge is 2.27. The van der Waals surface area contributed by atoms with E-state index in [0.717, 1.165) is 5.69 Å². The summed E-state index contributed by atoms with van der Waals surface area (Å²) in [6.07, 6.45) is 2.84. The van der Waals surface area contributed by atoms with Gasteiger partial charge in [-0.15, -0.1) is 0 Å². The third kappa shape index (κ3) is 6.68. The van der Waals surface area contributed by atoms with Crippen LogP contribution in [0.5, 0.6) is 0 Å². The van der Waals surface area contributed by atoms with Crippen molar-refractivity contribution in [1.29, 1.82) is 0 Å².